The monoisotopic (exact) mass is 621 g/mol. The Kier molecular flexibility index (Phi) is 7.58. The number of hydrogen-bond donors (Lipinski definition) is 0. The fourth-order valence-corrected chi connectivity index (χ4v) is 5.05. The lowest BCUT2D eigenvalue weighted by molar-refractivity contribution is -0.136. The lowest BCUT2D eigenvalue weighted by Crippen LogP contribution is -2.08. The number of halogens is 6. The first kappa shape index (κ1) is 28.7. The molecule has 4 nitrogen and oxygen atoms in total. The van der Waals surface area contributed by atoms with Crippen LogP contribution in [0.4, 0.5) is 17.6 Å². The Balaban J connectivity index is 1.47. The molecule has 0 fully saturated rings. The molecule has 0 radical (unpaired) electrons. The Hall–Kier alpha value is -4.40. The molecule has 0 aliphatic carbocycles. The fourth-order valence-electron chi connectivity index (χ4n) is 4.71. The largest absolute Gasteiger partial charge is 0.489 e. The number of nitrogens with zero attached hydrogens (tertiary/aromatic N) is 3. The quantitative estimate of drug-likeness (QED) is 0.174. The second-order valence-electron chi connectivity index (χ2n) is 9.87. The minimum absolute atomic E-state index is 0.0492. The average molecular weight is 622 g/mol. The SMILES string of the molecule is Cc1ccc(-n2nc(-c3ccc(Cl)cc3)c3c(C(F)(F)F)cc(-c4ccc(OCc5c(F)cccc5Cl)cc4)nc32)cc1. The van der Waals surface area contributed by atoms with Crippen molar-refractivity contribution >= 4 is 34.2 Å². The van der Waals surface area contributed by atoms with Crippen molar-refractivity contribution in [1.82, 2.24) is 14.8 Å². The van der Waals surface area contributed by atoms with E-state index in [0.29, 0.717) is 27.6 Å². The predicted molar refractivity (Wildman–Crippen MR) is 160 cm³/mol. The lowest BCUT2D eigenvalue weighted by atomic mass is 10.0. The first-order valence-corrected chi connectivity index (χ1v) is 13.8. The summed E-state index contributed by atoms with van der Waals surface area (Å²) in [5.74, 6) is -0.112. The van der Waals surface area contributed by atoms with Crippen LogP contribution in [0.5, 0.6) is 5.75 Å². The van der Waals surface area contributed by atoms with Crippen molar-refractivity contribution in [3.63, 3.8) is 0 Å². The maximum atomic E-state index is 14.7. The standard InChI is InChI=1S/C33H21Cl2F4N3O/c1-19-5-13-23(14-6-19)42-32-30(31(41-42)21-7-11-22(34)12-8-21)26(33(37,38)39)17-29(40-32)20-9-15-24(16-10-20)43-18-25-27(35)3-2-4-28(25)36/h2-17H,18H2,1H3. The Labute approximate surface area is 254 Å². The van der Waals surface area contributed by atoms with E-state index in [4.69, 9.17) is 32.9 Å². The number of hydrogen-bond acceptors (Lipinski definition) is 3. The third kappa shape index (κ3) is 5.81. The summed E-state index contributed by atoms with van der Waals surface area (Å²) >= 11 is 12.1. The van der Waals surface area contributed by atoms with Crippen LogP contribution in [0, 0.1) is 12.7 Å². The van der Waals surface area contributed by atoms with Gasteiger partial charge in [0.25, 0.3) is 0 Å². The van der Waals surface area contributed by atoms with Crippen LogP contribution < -0.4 is 4.74 Å². The Morgan fingerprint density at radius 2 is 1.51 bits per heavy atom. The van der Waals surface area contributed by atoms with E-state index in [0.717, 1.165) is 11.6 Å². The maximum Gasteiger partial charge on any atom is 0.417 e. The number of rotatable bonds is 6. The number of fused-ring (bicyclic) bond motifs is 1. The Bertz CT molecular complexity index is 1920. The zero-order valence-electron chi connectivity index (χ0n) is 22.5. The first-order chi connectivity index (χ1) is 20.6. The van der Waals surface area contributed by atoms with Gasteiger partial charge in [-0.05, 0) is 73.7 Å². The second kappa shape index (κ2) is 11.4. The zero-order chi connectivity index (χ0) is 30.3. The van der Waals surface area contributed by atoms with Crippen molar-refractivity contribution in [2.45, 2.75) is 19.7 Å². The summed E-state index contributed by atoms with van der Waals surface area (Å²) in [7, 11) is 0. The van der Waals surface area contributed by atoms with Crippen LogP contribution >= 0.6 is 23.2 Å². The van der Waals surface area contributed by atoms with Crippen molar-refractivity contribution in [2.75, 3.05) is 0 Å². The first-order valence-electron chi connectivity index (χ1n) is 13.1. The molecule has 10 heteroatoms. The van der Waals surface area contributed by atoms with E-state index < -0.39 is 17.6 Å². The van der Waals surface area contributed by atoms with E-state index >= 15 is 0 Å². The molecule has 216 valence electrons. The highest BCUT2D eigenvalue weighted by atomic mass is 35.5. The van der Waals surface area contributed by atoms with Crippen LogP contribution in [0.1, 0.15) is 16.7 Å². The molecule has 0 spiro atoms. The zero-order valence-corrected chi connectivity index (χ0v) is 24.0. The van der Waals surface area contributed by atoms with Crippen LogP contribution in [0.2, 0.25) is 10.0 Å². The van der Waals surface area contributed by atoms with Crippen molar-refractivity contribution in [2.24, 2.45) is 0 Å². The van der Waals surface area contributed by atoms with E-state index in [1.807, 2.05) is 19.1 Å². The van der Waals surface area contributed by atoms with Gasteiger partial charge in [0.15, 0.2) is 5.65 Å². The minimum Gasteiger partial charge on any atom is -0.489 e. The molecule has 6 rings (SSSR count). The highest BCUT2D eigenvalue weighted by Crippen LogP contribution is 2.42. The summed E-state index contributed by atoms with van der Waals surface area (Å²) in [5.41, 5.74) is 2.06. The number of benzene rings is 4. The summed E-state index contributed by atoms with van der Waals surface area (Å²) in [4.78, 5) is 4.70. The van der Waals surface area contributed by atoms with Gasteiger partial charge in [-0.1, -0.05) is 59.1 Å². The predicted octanol–water partition coefficient (Wildman–Crippen LogP) is 10.1. The number of ether oxygens (including phenoxy) is 1. The van der Waals surface area contributed by atoms with Gasteiger partial charge in [-0.2, -0.15) is 18.3 Å². The van der Waals surface area contributed by atoms with Gasteiger partial charge >= 0.3 is 6.18 Å². The topological polar surface area (TPSA) is 39.9 Å². The summed E-state index contributed by atoms with van der Waals surface area (Å²) in [6.07, 6.45) is -4.71. The van der Waals surface area contributed by atoms with Gasteiger partial charge < -0.3 is 4.74 Å². The van der Waals surface area contributed by atoms with Gasteiger partial charge in [0.1, 0.15) is 23.9 Å². The molecule has 0 N–H and O–H groups in total. The third-order valence-corrected chi connectivity index (χ3v) is 7.54. The molecular weight excluding hydrogens is 601 g/mol. The molecule has 0 unspecified atom stereocenters. The van der Waals surface area contributed by atoms with Crippen LogP contribution in [-0.4, -0.2) is 14.8 Å². The maximum absolute atomic E-state index is 14.7. The van der Waals surface area contributed by atoms with Crippen molar-refractivity contribution in [1.29, 1.82) is 0 Å². The molecule has 0 bridgehead atoms. The highest BCUT2D eigenvalue weighted by Gasteiger charge is 2.36. The van der Waals surface area contributed by atoms with Crippen molar-refractivity contribution in [3.05, 3.63) is 130 Å². The molecule has 4 aromatic carbocycles. The van der Waals surface area contributed by atoms with Gasteiger partial charge in [-0.25, -0.2) is 14.1 Å². The van der Waals surface area contributed by atoms with Gasteiger partial charge in [0.05, 0.1) is 27.4 Å². The summed E-state index contributed by atoms with van der Waals surface area (Å²) in [6, 6.07) is 25.5. The van der Waals surface area contributed by atoms with Gasteiger partial charge in [0, 0.05) is 21.7 Å². The molecule has 0 aliphatic heterocycles. The fraction of sp³-hybridized carbons (Fsp3) is 0.0909. The van der Waals surface area contributed by atoms with Gasteiger partial charge in [-0.3, -0.25) is 0 Å². The molecule has 0 aliphatic rings. The van der Waals surface area contributed by atoms with E-state index in [1.165, 1.54) is 16.8 Å². The lowest BCUT2D eigenvalue weighted by Gasteiger charge is -2.13. The number of aryl methyl sites for hydroxylation is 1. The molecular formula is C33H21Cl2F4N3O. The molecule has 2 aromatic heterocycles. The summed E-state index contributed by atoms with van der Waals surface area (Å²) < 4.78 is 65.3. The molecule has 0 saturated carbocycles. The van der Waals surface area contributed by atoms with Gasteiger partial charge in [0.2, 0.25) is 0 Å². The van der Waals surface area contributed by atoms with Crippen LogP contribution in [0.25, 0.3) is 39.2 Å². The van der Waals surface area contributed by atoms with Crippen molar-refractivity contribution < 1.29 is 22.3 Å². The third-order valence-electron chi connectivity index (χ3n) is 6.93. The summed E-state index contributed by atoms with van der Waals surface area (Å²) in [6.45, 7) is 1.80. The number of alkyl halides is 3. The molecule has 0 amide bonds. The van der Waals surface area contributed by atoms with Crippen LogP contribution in [-0.2, 0) is 12.8 Å². The van der Waals surface area contributed by atoms with E-state index in [-0.39, 0.29) is 39.6 Å². The molecule has 0 saturated heterocycles. The number of aromatic nitrogens is 3. The normalized spacial score (nSPS) is 11.7. The molecule has 6 aromatic rings. The molecule has 0 atom stereocenters. The molecule has 43 heavy (non-hydrogen) atoms. The average Bonchev–Trinajstić information content (AvgIpc) is 3.36. The van der Waals surface area contributed by atoms with Gasteiger partial charge in [-0.15, -0.1) is 0 Å². The second-order valence-corrected chi connectivity index (χ2v) is 10.7. The van der Waals surface area contributed by atoms with Crippen LogP contribution in [0.15, 0.2) is 97.1 Å². The minimum atomic E-state index is -4.71. The Morgan fingerprint density at radius 3 is 2.16 bits per heavy atom. The van der Waals surface area contributed by atoms with E-state index in [2.05, 4.69) is 5.10 Å². The molecule has 2 heterocycles. The Morgan fingerprint density at radius 1 is 0.837 bits per heavy atom. The van der Waals surface area contributed by atoms with E-state index in [1.54, 1.807) is 66.7 Å². The number of pyridine rings is 1. The smallest absolute Gasteiger partial charge is 0.417 e. The van der Waals surface area contributed by atoms with Crippen LogP contribution in [0.3, 0.4) is 0 Å². The van der Waals surface area contributed by atoms with E-state index in [9.17, 15) is 17.6 Å². The highest BCUT2D eigenvalue weighted by molar-refractivity contribution is 6.31. The van der Waals surface area contributed by atoms with Crippen molar-refractivity contribution in [3.8, 4) is 34.0 Å². The summed E-state index contributed by atoms with van der Waals surface area (Å²) in [5, 5.41) is 5.19.